The molecule has 0 bridgehead atoms. The molecule has 21 heavy (non-hydrogen) atoms. The molecule has 2 heterocycles. The number of aromatic nitrogens is 2. The van der Waals surface area contributed by atoms with Crippen LogP contribution in [0.1, 0.15) is 23.2 Å². The first kappa shape index (κ1) is 14.3. The van der Waals surface area contributed by atoms with E-state index in [1.165, 1.54) is 16.8 Å². The first-order valence-electron chi connectivity index (χ1n) is 7.64. The number of hydrogen-bond acceptors (Lipinski definition) is 3. The Bertz CT molecular complexity index is 579. The predicted octanol–water partition coefficient (Wildman–Crippen LogP) is 2.05. The Hall–Kier alpha value is -1.65. The zero-order chi connectivity index (χ0) is 14.7. The molecule has 1 aromatic heterocycles. The number of likely N-dealkylation sites (tertiary alicyclic amines) is 1. The van der Waals surface area contributed by atoms with Gasteiger partial charge in [-0.15, -0.1) is 0 Å². The van der Waals surface area contributed by atoms with Gasteiger partial charge in [0, 0.05) is 31.0 Å². The molecule has 1 N–H and O–H groups in total. The number of hydrogen-bond donors (Lipinski definition) is 1. The minimum Gasteiger partial charge on any atom is -0.396 e. The molecule has 112 valence electrons. The third kappa shape index (κ3) is 3.34. The van der Waals surface area contributed by atoms with Crippen molar-refractivity contribution in [3.63, 3.8) is 0 Å². The lowest BCUT2D eigenvalue weighted by Gasteiger charge is -2.15. The van der Waals surface area contributed by atoms with E-state index in [1.807, 2.05) is 12.3 Å². The Morgan fingerprint density at radius 1 is 1.24 bits per heavy atom. The third-order valence-electron chi connectivity index (χ3n) is 4.40. The third-order valence-corrected chi connectivity index (χ3v) is 4.40. The van der Waals surface area contributed by atoms with Crippen LogP contribution in [-0.2, 0) is 13.1 Å². The van der Waals surface area contributed by atoms with Gasteiger partial charge in [-0.2, -0.15) is 5.10 Å². The van der Waals surface area contributed by atoms with Crippen LogP contribution < -0.4 is 0 Å². The van der Waals surface area contributed by atoms with Gasteiger partial charge in [0.15, 0.2) is 0 Å². The normalized spacial score (nSPS) is 19.2. The second kappa shape index (κ2) is 6.41. The van der Waals surface area contributed by atoms with Crippen molar-refractivity contribution in [3.05, 3.63) is 53.3 Å². The summed E-state index contributed by atoms with van der Waals surface area (Å²) in [5.74, 6) is 0.449. The van der Waals surface area contributed by atoms with Crippen LogP contribution in [0.2, 0.25) is 0 Å². The van der Waals surface area contributed by atoms with Gasteiger partial charge in [0.1, 0.15) is 0 Å². The van der Waals surface area contributed by atoms with Crippen molar-refractivity contribution in [2.24, 2.45) is 5.92 Å². The van der Waals surface area contributed by atoms with Crippen molar-refractivity contribution in [2.75, 3.05) is 19.7 Å². The molecule has 1 fully saturated rings. The van der Waals surface area contributed by atoms with Crippen LogP contribution in [0.3, 0.4) is 0 Å². The van der Waals surface area contributed by atoms with E-state index in [2.05, 4.69) is 45.9 Å². The van der Waals surface area contributed by atoms with Gasteiger partial charge in [-0.3, -0.25) is 9.58 Å². The summed E-state index contributed by atoms with van der Waals surface area (Å²) in [5, 5.41) is 13.8. The molecule has 0 radical (unpaired) electrons. The van der Waals surface area contributed by atoms with Crippen LogP contribution in [0, 0.1) is 12.8 Å². The molecule has 1 saturated heterocycles. The minimum atomic E-state index is 0.308. The zero-order valence-corrected chi connectivity index (χ0v) is 12.6. The first-order valence-corrected chi connectivity index (χ1v) is 7.64. The molecule has 1 aliphatic heterocycles. The summed E-state index contributed by atoms with van der Waals surface area (Å²) in [6.07, 6.45) is 3.10. The number of aliphatic hydroxyl groups is 1. The minimum absolute atomic E-state index is 0.308. The first-order chi connectivity index (χ1) is 10.3. The summed E-state index contributed by atoms with van der Waals surface area (Å²) in [6.45, 7) is 6.30. The Morgan fingerprint density at radius 3 is 2.76 bits per heavy atom. The second-order valence-corrected chi connectivity index (χ2v) is 5.97. The Kier molecular flexibility index (Phi) is 4.36. The average molecular weight is 285 g/mol. The average Bonchev–Trinajstić information content (AvgIpc) is 3.10. The lowest BCUT2D eigenvalue weighted by Crippen LogP contribution is -2.21. The smallest absolute Gasteiger partial charge is 0.0662 e. The second-order valence-electron chi connectivity index (χ2n) is 5.97. The Morgan fingerprint density at radius 2 is 2.05 bits per heavy atom. The SMILES string of the molecule is Cc1c(CN2CC[C@H](CO)C2)cnn1Cc1ccccc1. The van der Waals surface area contributed by atoms with Crippen molar-refractivity contribution in [2.45, 2.75) is 26.4 Å². The highest BCUT2D eigenvalue weighted by atomic mass is 16.3. The van der Waals surface area contributed by atoms with Gasteiger partial charge in [0.2, 0.25) is 0 Å². The summed E-state index contributed by atoms with van der Waals surface area (Å²) in [7, 11) is 0. The summed E-state index contributed by atoms with van der Waals surface area (Å²) in [6, 6.07) is 10.4. The van der Waals surface area contributed by atoms with Crippen LogP contribution in [0.15, 0.2) is 36.5 Å². The Labute approximate surface area is 126 Å². The molecular weight excluding hydrogens is 262 g/mol. The van der Waals surface area contributed by atoms with E-state index >= 15 is 0 Å². The number of nitrogens with zero attached hydrogens (tertiary/aromatic N) is 3. The lowest BCUT2D eigenvalue weighted by atomic mass is 10.1. The fourth-order valence-electron chi connectivity index (χ4n) is 3.00. The quantitative estimate of drug-likeness (QED) is 0.914. The van der Waals surface area contributed by atoms with Crippen LogP contribution in [0.4, 0.5) is 0 Å². The molecule has 4 heteroatoms. The van der Waals surface area contributed by atoms with Gasteiger partial charge in [-0.05, 0) is 31.4 Å². The van der Waals surface area contributed by atoms with E-state index in [4.69, 9.17) is 0 Å². The van der Waals surface area contributed by atoms with Gasteiger partial charge in [-0.25, -0.2) is 0 Å². The molecule has 0 amide bonds. The summed E-state index contributed by atoms with van der Waals surface area (Å²) in [5.41, 5.74) is 3.81. The van der Waals surface area contributed by atoms with E-state index in [1.54, 1.807) is 0 Å². The number of benzene rings is 1. The highest BCUT2D eigenvalue weighted by Gasteiger charge is 2.22. The standard InChI is InChI=1S/C17H23N3O/c1-14-17(12-19-8-7-16(10-19)13-21)9-18-20(14)11-15-5-3-2-4-6-15/h2-6,9,16,21H,7-8,10-13H2,1H3/t16-/m0/s1. The van der Waals surface area contributed by atoms with Crippen molar-refractivity contribution >= 4 is 0 Å². The Balaban J connectivity index is 1.65. The molecule has 1 aliphatic rings. The van der Waals surface area contributed by atoms with Crippen molar-refractivity contribution < 1.29 is 5.11 Å². The highest BCUT2D eigenvalue weighted by molar-refractivity contribution is 5.20. The largest absolute Gasteiger partial charge is 0.396 e. The topological polar surface area (TPSA) is 41.3 Å². The van der Waals surface area contributed by atoms with Gasteiger partial charge in [0.25, 0.3) is 0 Å². The summed E-state index contributed by atoms with van der Waals surface area (Å²) < 4.78 is 2.07. The fraction of sp³-hybridized carbons (Fsp3) is 0.471. The maximum Gasteiger partial charge on any atom is 0.0662 e. The van der Waals surface area contributed by atoms with Gasteiger partial charge in [0.05, 0.1) is 12.7 Å². The molecule has 2 aromatic rings. The van der Waals surface area contributed by atoms with Crippen LogP contribution >= 0.6 is 0 Å². The maximum absolute atomic E-state index is 9.23. The fourth-order valence-corrected chi connectivity index (χ4v) is 3.00. The van der Waals surface area contributed by atoms with Crippen LogP contribution in [0.25, 0.3) is 0 Å². The lowest BCUT2D eigenvalue weighted by molar-refractivity contribution is 0.220. The molecule has 0 spiro atoms. The van der Waals surface area contributed by atoms with Gasteiger partial charge in [-0.1, -0.05) is 30.3 Å². The molecule has 0 saturated carbocycles. The van der Waals surface area contributed by atoms with Crippen molar-refractivity contribution in [1.82, 2.24) is 14.7 Å². The molecule has 1 aromatic carbocycles. The zero-order valence-electron chi connectivity index (χ0n) is 12.6. The maximum atomic E-state index is 9.23. The van der Waals surface area contributed by atoms with E-state index in [0.717, 1.165) is 32.6 Å². The number of rotatable bonds is 5. The molecule has 4 nitrogen and oxygen atoms in total. The van der Waals surface area contributed by atoms with E-state index in [9.17, 15) is 5.11 Å². The number of aliphatic hydroxyl groups excluding tert-OH is 1. The molecule has 1 atom stereocenters. The van der Waals surface area contributed by atoms with Gasteiger partial charge < -0.3 is 5.11 Å². The summed E-state index contributed by atoms with van der Waals surface area (Å²) >= 11 is 0. The highest BCUT2D eigenvalue weighted by Crippen LogP contribution is 2.19. The van der Waals surface area contributed by atoms with E-state index in [-0.39, 0.29) is 0 Å². The van der Waals surface area contributed by atoms with E-state index in [0.29, 0.717) is 12.5 Å². The molecular formula is C17H23N3O. The summed E-state index contributed by atoms with van der Waals surface area (Å²) in [4.78, 5) is 2.41. The molecule has 0 unspecified atom stereocenters. The monoisotopic (exact) mass is 285 g/mol. The molecule has 0 aliphatic carbocycles. The van der Waals surface area contributed by atoms with Gasteiger partial charge >= 0.3 is 0 Å². The van der Waals surface area contributed by atoms with Crippen molar-refractivity contribution in [1.29, 1.82) is 0 Å². The van der Waals surface area contributed by atoms with Crippen LogP contribution in [-0.4, -0.2) is 39.5 Å². The van der Waals surface area contributed by atoms with Crippen LogP contribution in [0.5, 0.6) is 0 Å². The predicted molar refractivity (Wildman–Crippen MR) is 83.0 cm³/mol. The van der Waals surface area contributed by atoms with Crippen molar-refractivity contribution in [3.8, 4) is 0 Å². The van der Waals surface area contributed by atoms with E-state index < -0.39 is 0 Å². The molecule has 3 rings (SSSR count).